The van der Waals surface area contributed by atoms with Gasteiger partial charge >= 0.3 is 0 Å². The summed E-state index contributed by atoms with van der Waals surface area (Å²) in [5.74, 6) is -0.918. The molecule has 0 radical (unpaired) electrons. The fourth-order valence-electron chi connectivity index (χ4n) is 3.72. The SMILES string of the molecule is CCC1(C(=O)NS(=O)(=O)c2ccccc2OCC(F)F)CCc2c(Cl)cccc21. The number of halogens is 3. The Balaban J connectivity index is 1.92. The molecule has 1 N–H and O–H groups in total. The Hall–Kier alpha value is -2.19. The minimum atomic E-state index is -4.34. The van der Waals surface area contributed by atoms with Crippen molar-refractivity contribution in [1.29, 1.82) is 0 Å². The standard InChI is InChI=1S/C20H20ClF2NO4S/c1-2-20(11-10-13-14(20)6-5-7-15(13)21)19(25)24-29(26,27)17-9-4-3-8-16(17)28-12-18(22)23/h3-9,18H,2,10-12H2,1H3,(H,24,25). The fraction of sp³-hybridized carbons (Fsp3) is 0.350. The van der Waals surface area contributed by atoms with Crippen LogP contribution >= 0.6 is 11.6 Å². The summed E-state index contributed by atoms with van der Waals surface area (Å²) in [7, 11) is -4.34. The Bertz CT molecular complexity index is 1030. The van der Waals surface area contributed by atoms with Crippen LogP contribution in [0.15, 0.2) is 47.4 Å². The van der Waals surface area contributed by atoms with Gasteiger partial charge in [0.05, 0.1) is 5.41 Å². The van der Waals surface area contributed by atoms with Gasteiger partial charge in [0.25, 0.3) is 16.4 Å². The molecule has 5 nitrogen and oxygen atoms in total. The van der Waals surface area contributed by atoms with Crippen molar-refractivity contribution in [1.82, 2.24) is 4.72 Å². The summed E-state index contributed by atoms with van der Waals surface area (Å²) in [6.07, 6.45) is -1.40. The third kappa shape index (κ3) is 4.09. The summed E-state index contributed by atoms with van der Waals surface area (Å²) in [6.45, 7) is 0.854. The first-order chi connectivity index (χ1) is 13.7. The Morgan fingerprint density at radius 1 is 1.24 bits per heavy atom. The zero-order valence-electron chi connectivity index (χ0n) is 15.6. The molecule has 156 valence electrons. The van der Waals surface area contributed by atoms with E-state index in [-0.39, 0.29) is 10.6 Å². The number of fused-ring (bicyclic) bond motifs is 1. The van der Waals surface area contributed by atoms with E-state index in [0.717, 1.165) is 5.56 Å². The van der Waals surface area contributed by atoms with Crippen molar-refractivity contribution in [3.05, 3.63) is 58.6 Å². The predicted octanol–water partition coefficient (Wildman–Crippen LogP) is 4.08. The van der Waals surface area contributed by atoms with E-state index in [0.29, 0.717) is 29.8 Å². The number of carbonyl (C=O) groups excluding carboxylic acids is 1. The molecule has 0 heterocycles. The molecule has 3 rings (SSSR count). The fourth-order valence-corrected chi connectivity index (χ4v) is 5.18. The molecule has 0 spiro atoms. The molecule has 2 aromatic rings. The molecule has 1 aliphatic carbocycles. The maximum absolute atomic E-state index is 13.1. The molecule has 0 saturated heterocycles. The number of carbonyl (C=O) groups is 1. The van der Waals surface area contributed by atoms with Crippen LogP contribution in [-0.4, -0.2) is 27.4 Å². The van der Waals surface area contributed by atoms with Crippen molar-refractivity contribution in [2.75, 3.05) is 6.61 Å². The van der Waals surface area contributed by atoms with E-state index in [1.807, 2.05) is 6.92 Å². The Morgan fingerprint density at radius 2 is 1.97 bits per heavy atom. The largest absolute Gasteiger partial charge is 0.486 e. The van der Waals surface area contributed by atoms with Gasteiger partial charge < -0.3 is 4.74 Å². The zero-order valence-corrected chi connectivity index (χ0v) is 17.2. The van der Waals surface area contributed by atoms with Crippen LogP contribution < -0.4 is 9.46 Å². The number of hydrogen-bond acceptors (Lipinski definition) is 4. The van der Waals surface area contributed by atoms with Crippen molar-refractivity contribution < 1.29 is 26.7 Å². The highest BCUT2D eigenvalue weighted by Crippen LogP contribution is 2.44. The van der Waals surface area contributed by atoms with Crippen LogP contribution in [0.1, 0.15) is 30.9 Å². The monoisotopic (exact) mass is 443 g/mol. The van der Waals surface area contributed by atoms with Crippen LogP contribution in [-0.2, 0) is 26.7 Å². The molecular weight excluding hydrogens is 424 g/mol. The average Bonchev–Trinajstić information content (AvgIpc) is 3.07. The van der Waals surface area contributed by atoms with Gasteiger partial charge in [0.1, 0.15) is 17.3 Å². The van der Waals surface area contributed by atoms with Crippen molar-refractivity contribution >= 4 is 27.5 Å². The van der Waals surface area contributed by atoms with Gasteiger partial charge in [0.2, 0.25) is 5.91 Å². The first-order valence-corrected chi connectivity index (χ1v) is 10.9. The lowest BCUT2D eigenvalue weighted by Crippen LogP contribution is -2.45. The number of ether oxygens (including phenoxy) is 1. The lowest BCUT2D eigenvalue weighted by atomic mass is 9.79. The number of amides is 1. The van der Waals surface area contributed by atoms with Crippen LogP contribution in [0.4, 0.5) is 8.78 Å². The van der Waals surface area contributed by atoms with E-state index in [2.05, 4.69) is 4.72 Å². The van der Waals surface area contributed by atoms with E-state index in [4.69, 9.17) is 16.3 Å². The highest BCUT2D eigenvalue weighted by atomic mass is 35.5. The number of hydrogen-bond donors (Lipinski definition) is 1. The lowest BCUT2D eigenvalue weighted by molar-refractivity contribution is -0.125. The average molecular weight is 444 g/mol. The van der Waals surface area contributed by atoms with Crippen molar-refractivity contribution in [3.63, 3.8) is 0 Å². The third-order valence-corrected chi connectivity index (χ3v) is 6.93. The van der Waals surface area contributed by atoms with Crippen LogP contribution in [0.25, 0.3) is 0 Å². The second kappa shape index (κ2) is 8.28. The van der Waals surface area contributed by atoms with E-state index in [9.17, 15) is 22.0 Å². The number of sulfonamides is 1. The summed E-state index contributed by atoms with van der Waals surface area (Å²) in [5.41, 5.74) is 0.512. The summed E-state index contributed by atoms with van der Waals surface area (Å²) in [5, 5.41) is 0.541. The lowest BCUT2D eigenvalue weighted by Gasteiger charge is -2.28. The molecule has 1 aliphatic rings. The first-order valence-electron chi connectivity index (χ1n) is 9.06. The first kappa shape index (κ1) is 21.5. The predicted molar refractivity (Wildman–Crippen MR) is 105 cm³/mol. The highest BCUT2D eigenvalue weighted by molar-refractivity contribution is 7.90. The number of para-hydroxylation sites is 1. The van der Waals surface area contributed by atoms with Gasteiger partial charge in [-0.25, -0.2) is 21.9 Å². The van der Waals surface area contributed by atoms with Crippen molar-refractivity contribution in [3.8, 4) is 5.75 Å². The van der Waals surface area contributed by atoms with Gasteiger partial charge in [-0.1, -0.05) is 42.8 Å². The topological polar surface area (TPSA) is 72.5 Å². The Labute approximate surface area is 173 Å². The van der Waals surface area contributed by atoms with Gasteiger partial charge in [-0.05, 0) is 48.6 Å². The molecule has 0 saturated carbocycles. The molecule has 0 aliphatic heterocycles. The molecule has 1 unspecified atom stereocenters. The van der Waals surface area contributed by atoms with Gasteiger partial charge in [0, 0.05) is 5.02 Å². The van der Waals surface area contributed by atoms with Crippen LogP contribution in [0, 0.1) is 0 Å². The van der Waals surface area contributed by atoms with E-state index < -0.39 is 34.4 Å². The highest BCUT2D eigenvalue weighted by Gasteiger charge is 2.46. The Kier molecular flexibility index (Phi) is 6.14. The Morgan fingerprint density at radius 3 is 2.66 bits per heavy atom. The van der Waals surface area contributed by atoms with Gasteiger partial charge in [-0.15, -0.1) is 0 Å². The summed E-state index contributed by atoms with van der Waals surface area (Å²) in [4.78, 5) is 12.8. The van der Waals surface area contributed by atoms with E-state index in [1.165, 1.54) is 24.3 Å². The molecule has 1 amide bonds. The molecule has 0 aromatic heterocycles. The molecule has 1 atom stereocenters. The van der Waals surface area contributed by atoms with E-state index in [1.54, 1.807) is 18.2 Å². The van der Waals surface area contributed by atoms with Crippen LogP contribution in [0.3, 0.4) is 0 Å². The number of benzene rings is 2. The van der Waals surface area contributed by atoms with Crippen molar-refractivity contribution in [2.45, 2.75) is 42.9 Å². The second-order valence-electron chi connectivity index (χ2n) is 6.79. The molecular formula is C20H20ClF2NO4S. The summed E-state index contributed by atoms with van der Waals surface area (Å²) < 4.78 is 57.7. The van der Waals surface area contributed by atoms with Crippen LogP contribution in [0.2, 0.25) is 5.02 Å². The normalized spacial score (nSPS) is 18.5. The third-order valence-electron chi connectivity index (χ3n) is 5.20. The second-order valence-corrected chi connectivity index (χ2v) is 8.84. The van der Waals surface area contributed by atoms with Gasteiger partial charge in [0.15, 0.2) is 0 Å². The zero-order chi connectivity index (χ0) is 21.2. The maximum atomic E-state index is 13.1. The minimum absolute atomic E-state index is 0.242. The minimum Gasteiger partial charge on any atom is -0.486 e. The van der Waals surface area contributed by atoms with Gasteiger partial charge in [-0.2, -0.15) is 0 Å². The number of nitrogens with one attached hydrogen (secondary N) is 1. The van der Waals surface area contributed by atoms with Gasteiger partial charge in [-0.3, -0.25) is 4.79 Å². The molecule has 0 fully saturated rings. The molecule has 29 heavy (non-hydrogen) atoms. The number of rotatable bonds is 7. The van der Waals surface area contributed by atoms with Crippen LogP contribution in [0.5, 0.6) is 5.75 Å². The summed E-state index contributed by atoms with van der Waals surface area (Å²) >= 11 is 6.24. The maximum Gasteiger partial charge on any atom is 0.272 e. The van der Waals surface area contributed by atoms with Crippen molar-refractivity contribution in [2.24, 2.45) is 0 Å². The number of alkyl halides is 2. The molecule has 0 bridgehead atoms. The molecule has 2 aromatic carbocycles. The van der Waals surface area contributed by atoms with E-state index >= 15 is 0 Å². The quantitative estimate of drug-likeness (QED) is 0.699. The summed E-state index contributed by atoms with van der Waals surface area (Å²) in [6, 6.07) is 10.6. The molecule has 9 heteroatoms. The smallest absolute Gasteiger partial charge is 0.272 e.